The zero-order valence-electron chi connectivity index (χ0n) is 7.47. The molecule has 0 atom stereocenters. The van der Waals surface area contributed by atoms with Gasteiger partial charge in [-0.25, -0.2) is 0 Å². The van der Waals surface area contributed by atoms with Crippen LogP contribution in [0.25, 0.3) is 5.76 Å². The number of nitro benzene ring substituents is 1. The minimum Gasteiger partial charge on any atom is -0.493 e. The molecule has 0 aromatic heterocycles. The number of hydrogen-bond donors (Lipinski definition) is 0. The van der Waals surface area contributed by atoms with Gasteiger partial charge in [-0.15, -0.1) is 0 Å². The monoisotopic (exact) mass is 191 g/mol. The minimum atomic E-state index is -0.409. The van der Waals surface area contributed by atoms with Crippen molar-refractivity contribution in [2.75, 3.05) is 6.61 Å². The Balaban J connectivity index is 2.25. The summed E-state index contributed by atoms with van der Waals surface area (Å²) in [6.45, 7) is 0.701. The van der Waals surface area contributed by atoms with Crippen molar-refractivity contribution >= 4 is 11.4 Å². The van der Waals surface area contributed by atoms with Gasteiger partial charge in [0, 0.05) is 24.1 Å². The van der Waals surface area contributed by atoms with Crippen LogP contribution in [-0.2, 0) is 4.74 Å². The number of ether oxygens (including phenoxy) is 1. The summed E-state index contributed by atoms with van der Waals surface area (Å²) in [5.74, 6) is 0.819. The lowest BCUT2D eigenvalue weighted by Gasteiger charge is -2.02. The van der Waals surface area contributed by atoms with Crippen molar-refractivity contribution < 1.29 is 9.66 Å². The van der Waals surface area contributed by atoms with E-state index in [-0.39, 0.29) is 5.69 Å². The maximum absolute atomic E-state index is 10.4. The van der Waals surface area contributed by atoms with Crippen molar-refractivity contribution in [1.82, 2.24) is 0 Å². The van der Waals surface area contributed by atoms with Crippen molar-refractivity contribution in [1.29, 1.82) is 0 Å². The number of nitrogens with zero attached hydrogens (tertiary/aromatic N) is 1. The molecule has 14 heavy (non-hydrogen) atoms. The normalized spacial score (nSPS) is 14.7. The van der Waals surface area contributed by atoms with E-state index in [2.05, 4.69) is 0 Å². The van der Waals surface area contributed by atoms with Gasteiger partial charge in [-0.1, -0.05) is 0 Å². The second-order valence-corrected chi connectivity index (χ2v) is 3.01. The SMILES string of the molecule is O=[N+]([O-])c1ccc(C2=CCCO2)cc1. The van der Waals surface area contributed by atoms with E-state index in [4.69, 9.17) is 4.74 Å². The molecule has 0 unspecified atom stereocenters. The Bertz CT molecular complexity index is 381. The van der Waals surface area contributed by atoms with E-state index in [1.807, 2.05) is 6.08 Å². The summed E-state index contributed by atoms with van der Waals surface area (Å²) in [6, 6.07) is 6.38. The highest BCUT2D eigenvalue weighted by Gasteiger charge is 2.10. The third-order valence-corrected chi connectivity index (χ3v) is 2.07. The van der Waals surface area contributed by atoms with Gasteiger partial charge in [0.15, 0.2) is 0 Å². The summed E-state index contributed by atoms with van der Waals surface area (Å²) in [5.41, 5.74) is 1.00. The molecule has 0 N–H and O–H groups in total. The third kappa shape index (κ3) is 1.59. The Kier molecular flexibility index (Phi) is 2.18. The molecule has 72 valence electrons. The van der Waals surface area contributed by atoms with Crippen molar-refractivity contribution in [3.8, 4) is 0 Å². The molecular weight excluding hydrogens is 182 g/mol. The summed E-state index contributed by atoms with van der Waals surface area (Å²) in [4.78, 5) is 9.98. The highest BCUT2D eigenvalue weighted by atomic mass is 16.6. The first kappa shape index (κ1) is 8.74. The molecule has 2 rings (SSSR count). The van der Waals surface area contributed by atoms with Gasteiger partial charge in [0.2, 0.25) is 0 Å². The second-order valence-electron chi connectivity index (χ2n) is 3.01. The molecule has 1 aromatic carbocycles. The first-order valence-electron chi connectivity index (χ1n) is 4.35. The molecule has 0 saturated carbocycles. The number of hydrogen-bond acceptors (Lipinski definition) is 3. The summed E-state index contributed by atoms with van der Waals surface area (Å²) < 4.78 is 5.33. The van der Waals surface area contributed by atoms with E-state index in [9.17, 15) is 10.1 Å². The van der Waals surface area contributed by atoms with Crippen LogP contribution < -0.4 is 0 Å². The Labute approximate surface area is 81.0 Å². The molecule has 4 heteroatoms. The Morgan fingerprint density at radius 1 is 1.29 bits per heavy atom. The van der Waals surface area contributed by atoms with Crippen LogP contribution in [0.3, 0.4) is 0 Å². The van der Waals surface area contributed by atoms with E-state index < -0.39 is 4.92 Å². The molecule has 0 bridgehead atoms. The lowest BCUT2D eigenvalue weighted by Crippen LogP contribution is -1.89. The third-order valence-electron chi connectivity index (χ3n) is 2.07. The van der Waals surface area contributed by atoms with Gasteiger partial charge in [0.05, 0.1) is 11.5 Å². The van der Waals surface area contributed by atoms with Crippen LogP contribution in [0, 0.1) is 10.1 Å². The molecule has 0 spiro atoms. The number of nitro groups is 1. The second kappa shape index (κ2) is 3.49. The predicted octanol–water partition coefficient (Wildman–Crippen LogP) is 2.36. The molecule has 1 aromatic rings. The molecular formula is C10H9NO3. The summed E-state index contributed by atoms with van der Waals surface area (Å²) in [7, 11) is 0. The highest BCUT2D eigenvalue weighted by molar-refractivity contribution is 5.62. The average Bonchev–Trinajstić information content (AvgIpc) is 2.71. The number of benzene rings is 1. The minimum absolute atomic E-state index is 0.104. The fourth-order valence-electron chi connectivity index (χ4n) is 1.37. The maximum Gasteiger partial charge on any atom is 0.269 e. The highest BCUT2D eigenvalue weighted by Crippen LogP contribution is 2.23. The van der Waals surface area contributed by atoms with Crippen molar-refractivity contribution in [2.24, 2.45) is 0 Å². The molecule has 1 aliphatic rings. The zero-order chi connectivity index (χ0) is 9.97. The van der Waals surface area contributed by atoms with Gasteiger partial charge in [0.25, 0.3) is 5.69 Å². The predicted molar refractivity (Wildman–Crippen MR) is 51.6 cm³/mol. The van der Waals surface area contributed by atoms with E-state index >= 15 is 0 Å². The average molecular weight is 191 g/mol. The van der Waals surface area contributed by atoms with Crippen LogP contribution in [0.5, 0.6) is 0 Å². The first-order valence-corrected chi connectivity index (χ1v) is 4.35. The van der Waals surface area contributed by atoms with Gasteiger partial charge < -0.3 is 4.74 Å². The Morgan fingerprint density at radius 3 is 2.50 bits per heavy atom. The van der Waals surface area contributed by atoms with Crippen molar-refractivity contribution in [3.63, 3.8) is 0 Å². The van der Waals surface area contributed by atoms with Gasteiger partial charge >= 0.3 is 0 Å². The molecule has 4 nitrogen and oxygen atoms in total. The lowest BCUT2D eigenvalue weighted by atomic mass is 10.1. The molecule has 0 aliphatic carbocycles. The van der Waals surface area contributed by atoms with Crippen LogP contribution in [0.15, 0.2) is 30.3 Å². The van der Waals surface area contributed by atoms with E-state index in [1.54, 1.807) is 12.1 Å². The number of rotatable bonds is 2. The largest absolute Gasteiger partial charge is 0.493 e. The van der Waals surface area contributed by atoms with Gasteiger partial charge in [-0.2, -0.15) is 0 Å². The molecule has 0 radical (unpaired) electrons. The Hall–Kier alpha value is -1.84. The maximum atomic E-state index is 10.4. The van der Waals surface area contributed by atoms with Crippen LogP contribution in [0.2, 0.25) is 0 Å². The summed E-state index contributed by atoms with van der Waals surface area (Å²) in [5, 5.41) is 10.4. The van der Waals surface area contributed by atoms with Crippen molar-refractivity contribution in [3.05, 3.63) is 46.0 Å². The molecule has 0 saturated heterocycles. The zero-order valence-corrected chi connectivity index (χ0v) is 7.47. The fourth-order valence-corrected chi connectivity index (χ4v) is 1.37. The van der Waals surface area contributed by atoms with Gasteiger partial charge in [-0.05, 0) is 18.2 Å². The first-order chi connectivity index (χ1) is 6.77. The standard InChI is InChI=1S/C10H9NO3/c12-11(13)9-5-3-8(4-6-9)10-2-1-7-14-10/h2-6H,1,7H2. The quantitative estimate of drug-likeness (QED) is 0.532. The molecule has 0 fully saturated rings. The van der Waals surface area contributed by atoms with E-state index in [1.165, 1.54) is 12.1 Å². The van der Waals surface area contributed by atoms with E-state index in [0.29, 0.717) is 6.61 Å². The van der Waals surface area contributed by atoms with Crippen LogP contribution in [0.4, 0.5) is 5.69 Å². The van der Waals surface area contributed by atoms with Crippen LogP contribution in [0.1, 0.15) is 12.0 Å². The summed E-state index contributed by atoms with van der Waals surface area (Å²) in [6.07, 6.45) is 2.90. The molecule has 1 heterocycles. The lowest BCUT2D eigenvalue weighted by molar-refractivity contribution is -0.384. The number of non-ortho nitro benzene ring substituents is 1. The Morgan fingerprint density at radius 2 is 2.00 bits per heavy atom. The smallest absolute Gasteiger partial charge is 0.269 e. The summed E-state index contributed by atoms with van der Waals surface area (Å²) >= 11 is 0. The van der Waals surface area contributed by atoms with Gasteiger partial charge in [0.1, 0.15) is 5.76 Å². The fraction of sp³-hybridized carbons (Fsp3) is 0.200. The van der Waals surface area contributed by atoms with Crippen molar-refractivity contribution in [2.45, 2.75) is 6.42 Å². The van der Waals surface area contributed by atoms with Crippen LogP contribution >= 0.6 is 0 Å². The van der Waals surface area contributed by atoms with Gasteiger partial charge in [-0.3, -0.25) is 10.1 Å². The molecule has 0 amide bonds. The molecule has 1 aliphatic heterocycles. The van der Waals surface area contributed by atoms with Crippen LogP contribution in [-0.4, -0.2) is 11.5 Å². The topological polar surface area (TPSA) is 52.4 Å². The van der Waals surface area contributed by atoms with E-state index in [0.717, 1.165) is 17.7 Å².